The molecule has 8 nitrogen and oxygen atoms in total. The molecule has 0 saturated heterocycles. The second-order valence-corrected chi connectivity index (χ2v) is 8.65. The lowest BCUT2D eigenvalue weighted by atomic mass is 10.1. The monoisotopic (exact) mass is 529 g/mol. The third kappa shape index (κ3) is 5.06. The molecule has 0 fully saturated rings. The van der Waals surface area contributed by atoms with Crippen molar-refractivity contribution < 1.29 is 9.50 Å². The average Bonchev–Trinajstić information content (AvgIpc) is 3.21. The lowest BCUT2D eigenvalue weighted by Gasteiger charge is -2.15. The van der Waals surface area contributed by atoms with Crippen molar-refractivity contribution in [2.24, 2.45) is 0 Å². The van der Waals surface area contributed by atoms with Gasteiger partial charge in [-0.3, -0.25) is 4.98 Å². The number of rotatable bonds is 7. The molecule has 0 amide bonds. The highest BCUT2D eigenvalue weighted by molar-refractivity contribution is 9.10. The van der Waals surface area contributed by atoms with Crippen LogP contribution in [-0.4, -0.2) is 31.6 Å². The first-order valence-corrected chi connectivity index (χ1v) is 11.1. The maximum atomic E-state index is 13.6. The van der Waals surface area contributed by atoms with Crippen LogP contribution in [0.15, 0.2) is 41.0 Å². The Morgan fingerprint density at radius 2 is 2.03 bits per heavy atom. The Morgan fingerprint density at radius 1 is 1.24 bits per heavy atom. The molecule has 4 N–H and O–H groups in total. The summed E-state index contributed by atoms with van der Waals surface area (Å²) in [6.07, 6.45) is 1.33. The van der Waals surface area contributed by atoms with E-state index in [1.807, 2.05) is 12.1 Å². The topological polar surface area (TPSA) is 123 Å². The molecule has 2 aromatic heterocycles. The van der Waals surface area contributed by atoms with Gasteiger partial charge < -0.3 is 15.7 Å². The molecule has 4 aromatic rings. The van der Waals surface area contributed by atoms with Gasteiger partial charge >= 0.3 is 0 Å². The number of pyridine rings is 1. The van der Waals surface area contributed by atoms with E-state index in [0.29, 0.717) is 52.2 Å². The van der Waals surface area contributed by atoms with Crippen LogP contribution in [0.25, 0.3) is 10.9 Å². The Balaban J connectivity index is 1.70. The molecule has 1 unspecified atom stereocenters. The standard InChI is InChI=1S/C22H18BrClFN7O/c1-11(33)4-19-20(31-32-30-19)10-27-14-5-15-21(29-13-2-3-18(25)17(24)7-13)12(8-26)9-28-22(15)16(23)6-14/h2-3,5-7,9,11,27,33H,4,10H2,1H3,(H,28,29)(H,30,31,32). The van der Waals surface area contributed by atoms with Gasteiger partial charge in [0.15, 0.2) is 0 Å². The van der Waals surface area contributed by atoms with Crippen molar-refractivity contribution in [1.29, 1.82) is 5.26 Å². The summed E-state index contributed by atoms with van der Waals surface area (Å²) in [5, 5.41) is 37.2. The summed E-state index contributed by atoms with van der Waals surface area (Å²) >= 11 is 9.47. The highest BCUT2D eigenvalue weighted by Crippen LogP contribution is 2.35. The predicted molar refractivity (Wildman–Crippen MR) is 128 cm³/mol. The number of fused-ring (bicyclic) bond motifs is 1. The maximum Gasteiger partial charge on any atom is 0.141 e. The number of nitrogens with zero attached hydrogens (tertiary/aromatic N) is 4. The zero-order valence-electron chi connectivity index (χ0n) is 17.3. The molecule has 0 aliphatic heterocycles. The van der Waals surface area contributed by atoms with Gasteiger partial charge in [-0.05, 0) is 53.2 Å². The molecular weight excluding hydrogens is 513 g/mol. The molecular formula is C22H18BrClFN7O. The molecule has 2 aromatic carbocycles. The normalized spacial score (nSPS) is 11.9. The van der Waals surface area contributed by atoms with Gasteiger partial charge in [0.25, 0.3) is 0 Å². The fourth-order valence-electron chi connectivity index (χ4n) is 3.34. The Bertz CT molecular complexity index is 1370. The summed E-state index contributed by atoms with van der Waals surface area (Å²) < 4.78 is 14.3. The highest BCUT2D eigenvalue weighted by atomic mass is 79.9. The van der Waals surface area contributed by atoms with Crippen molar-refractivity contribution in [3.63, 3.8) is 0 Å². The first kappa shape index (κ1) is 22.9. The molecule has 2 heterocycles. The molecule has 11 heteroatoms. The van der Waals surface area contributed by atoms with Crippen LogP contribution in [0.2, 0.25) is 5.02 Å². The largest absolute Gasteiger partial charge is 0.393 e. The van der Waals surface area contributed by atoms with Crippen molar-refractivity contribution in [3.8, 4) is 6.07 Å². The quantitative estimate of drug-likeness (QED) is 0.263. The van der Waals surface area contributed by atoms with E-state index in [2.05, 4.69) is 53.0 Å². The third-order valence-electron chi connectivity index (χ3n) is 4.89. The number of aromatic nitrogens is 4. The summed E-state index contributed by atoms with van der Waals surface area (Å²) in [6.45, 7) is 2.06. The highest BCUT2D eigenvalue weighted by Gasteiger charge is 2.15. The van der Waals surface area contributed by atoms with Gasteiger partial charge in [0, 0.05) is 33.9 Å². The van der Waals surface area contributed by atoms with Crippen LogP contribution in [0.3, 0.4) is 0 Å². The van der Waals surface area contributed by atoms with E-state index in [1.54, 1.807) is 13.0 Å². The number of benzene rings is 2. The Labute approximate surface area is 201 Å². The number of H-pyrrole nitrogens is 1. The van der Waals surface area contributed by atoms with Crippen LogP contribution >= 0.6 is 27.5 Å². The molecule has 4 rings (SSSR count). The molecule has 0 spiro atoms. The summed E-state index contributed by atoms with van der Waals surface area (Å²) in [5.41, 5.74) is 4.14. The van der Waals surface area contributed by atoms with Crippen molar-refractivity contribution in [3.05, 3.63) is 68.8 Å². The number of halogens is 3. The third-order valence-corrected chi connectivity index (χ3v) is 5.78. The predicted octanol–water partition coefficient (Wildman–Crippen LogP) is 5.06. The van der Waals surface area contributed by atoms with Gasteiger partial charge in [0.05, 0.1) is 40.1 Å². The van der Waals surface area contributed by atoms with E-state index in [0.717, 1.165) is 10.2 Å². The van der Waals surface area contributed by atoms with Crippen LogP contribution in [0, 0.1) is 17.1 Å². The van der Waals surface area contributed by atoms with E-state index in [-0.39, 0.29) is 5.02 Å². The number of nitrogens with one attached hydrogen (secondary N) is 3. The smallest absolute Gasteiger partial charge is 0.141 e. The van der Waals surface area contributed by atoms with Crippen molar-refractivity contribution >= 4 is 55.5 Å². The van der Waals surface area contributed by atoms with Gasteiger partial charge in [-0.15, -0.1) is 0 Å². The summed E-state index contributed by atoms with van der Waals surface area (Å²) in [5.74, 6) is -0.528. The second-order valence-electron chi connectivity index (χ2n) is 7.39. The molecule has 0 radical (unpaired) electrons. The minimum atomic E-state index is -0.535. The number of anilines is 3. The molecule has 1 atom stereocenters. The second kappa shape index (κ2) is 9.70. The first-order chi connectivity index (χ1) is 15.9. The summed E-state index contributed by atoms with van der Waals surface area (Å²) in [4.78, 5) is 4.41. The number of hydrogen-bond acceptors (Lipinski definition) is 7. The van der Waals surface area contributed by atoms with Crippen LogP contribution in [0.1, 0.15) is 23.9 Å². The Morgan fingerprint density at radius 3 is 2.76 bits per heavy atom. The zero-order chi connectivity index (χ0) is 23.5. The van der Waals surface area contributed by atoms with Gasteiger partial charge in [-0.25, -0.2) is 4.39 Å². The summed E-state index contributed by atoms with van der Waals surface area (Å²) in [6, 6.07) is 10.1. The Kier molecular flexibility index (Phi) is 6.74. The van der Waals surface area contributed by atoms with Crippen LogP contribution in [0.5, 0.6) is 0 Å². The minimum absolute atomic E-state index is 0.0268. The van der Waals surface area contributed by atoms with E-state index < -0.39 is 11.9 Å². The van der Waals surface area contributed by atoms with Gasteiger partial charge in [-0.1, -0.05) is 11.6 Å². The maximum absolute atomic E-state index is 13.6. The van der Waals surface area contributed by atoms with E-state index in [9.17, 15) is 14.8 Å². The number of nitriles is 1. The minimum Gasteiger partial charge on any atom is -0.393 e. The van der Waals surface area contributed by atoms with Crippen molar-refractivity contribution in [1.82, 2.24) is 20.4 Å². The number of hydrogen-bond donors (Lipinski definition) is 4. The van der Waals surface area contributed by atoms with Crippen molar-refractivity contribution in [2.45, 2.75) is 26.0 Å². The van der Waals surface area contributed by atoms with Gasteiger partial charge in [-0.2, -0.15) is 20.7 Å². The van der Waals surface area contributed by atoms with Gasteiger partial charge in [0.1, 0.15) is 17.6 Å². The van der Waals surface area contributed by atoms with Crippen molar-refractivity contribution in [2.75, 3.05) is 10.6 Å². The molecule has 0 saturated carbocycles. The SMILES string of the molecule is CC(O)Cc1n[nH]nc1CNc1cc(Br)c2ncc(C#N)c(Nc3ccc(F)c(Cl)c3)c2c1. The Hall–Kier alpha value is -3.26. The van der Waals surface area contributed by atoms with E-state index in [4.69, 9.17) is 11.6 Å². The fourth-order valence-corrected chi connectivity index (χ4v) is 4.09. The first-order valence-electron chi connectivity index (χ1n) is 9.90. The fraction of sp³-hybridized carbons (Fsp3) is 0.182. The number of aliphatic hydroxyl groups is 1. The average molecular weight is 531 g/mol. The lowest BCUT2D eigenvalue weighted by molar-refractivity contribution is 0.194. The molecule has 0 bridgehead atoms. The summed E-state index contributed by atoms with van der Waals surface area (Å²) in [7, 11) is 0. The van der Waals surface area contributed by atoms with E-state index >= 15 is 0 Å². The molecule has 168 valence electrons. The molecule has 0 aliphatic rings. The number of aromatic amines is 1. The van der Waals surface area contributed by atoms with Crippen LogP contribution in [-0.2, 0) is 13.0 Å². The van der Waals surface area contributed by atoms with Crippen LogP contribution < -0.4 is 10.6 Å². The molecule has 0 aliphatic carbocycles. The number of aliphatic hydroxyl groups excluding tert-OH is 1. The zero-order valence-corrected chi connectivity index (χ0v) is 19.7. The lowest BCUT2D eigenvalue weighted by Crippen LogP contribution is -2.09. The van der Waals surface area contributed by atoms with E-state index in [1.165, 1.54) is 18.3 Å². The van der Waals surface area contributed by atoms with Crippen LogP contribution in [0.4, 0.5) is 21.5 Å². The molecule has 33 heavy (non-hydrogen) atoms. The van der Waals surface area contributed by atoms with Gasteiger partial charge in [0.2, 0.25) is 0 Å².